The highest BCUT2D eigenvalue weighted by Gasteiger charge is 2.27. The highest BCUT2D eigenvalue weighted by Crippen LogP contribution is 2.16. The molecule has 1 aliphatic rings. The van der Waals surface area contributed by atoms with E-state index in [1.165, 1.54) is 0 Å². The van der Waals surface area contributed by atoms with Gasteiger partial charge < -0.3 is 11.5 Å². The summed E-state index contributed by atoms with van der Waals surface area (Å²) in [5.74, 6) is 0.305. The van der Waals surface area contributed by atoms with Crippen LogP contribution in [0, 0.1) is 5.92 Å². The van der Waals surface area contributed by atoms with Crippen LogP contribution in [-0.2, 0) is 4.79 Å². The molecule has 70 valence electrons. The van der Waals surface area contributed by atoms with Gasteiger partial charge in [0.25, 0.3) is 0 Å². The first-order chi connectivity index (χ1) is 5.65. The lowest BCUT2D eigenvalue weighted by Gasteiger charge is -2.20. The van der Waals surface area contributed by atoms with Crippen molar-refractivity contribution in [3.05, 3.63) is 0 Å². The number of nitrogens with zero attached hydrogens (tertiary/aromatic N) is 1. The smallest absolute Gasteiger partial charge is 0.234 e. The zero-order valence-corrected chi connectivity index (χ0v) is 7.49. The number of likely N-dealkylation sites (tertiary alicyclic amines) is 1. The molecule has 0 aromatic heterocycles. The fraction of sp³-hybridized carbons (Fsp3) is 0.875. The van der Waals surface area contributed by atoms with Gasteiger partial charge in [-0.3, -0.25) is 9.69 Å². The van der Waals surface area contributed by atoms with Crippen molar-refractivity contribution < 1.29 is 4.79 Å². The van der Waals surface area contributed by atoms with Gasteiger partial charge in [-0.25, -0.2) is 0 Å². The van der Waals surface area contributed by atoms with E-state index >= 15 is 0 Å². The number of carbonyl (C=O) groups excluding carboxylic acids is 1. The predicted molar refractivity (Wildman–Crippen MR) is 47.4 cm³/mol. The lowest BCUT2D eigenvalue weighted by molar-refractivity contribution is -0.122. The standard InChI is InChI=1S/C8H17N3O/c1-6(8(10)12)11-3-2-7(4-9)5-11/h6-7H,2-5,9H2,1H3,(H2,10,12). The third-order valence-electron chi connectivity index (χ3n) is 2.61. The first kappa shape index (κ1) is 9.48. The van der Waals surface area contributed by atoms with Crippen LogP contribution in [-0.4, -0.2) is 36.5 Å². The van der Waals surface area contributed by atoms with Crippen molar-refractivity contribution in [1.29, 1.82) is 0 Å². The van der Waals surface area contributed by atoms with Gasteiger partial charge in [-0.05, 0) is 32.4 Å². The summed E-state index contributed by atoms with van der Waals surface area (Å²) in [5.41, 5.74) is 10.7. The molecule has 2 atom stereocenters. The lowest BCUT2D eigenvalue weighted by Crippen LogP contribution is -2.41. The Morgan fingerprint density at radius 1 is 1.75 bits per heavy atom. The number of hydrogen-bond acceptors (Lipinski definition) is 3. The average molecular weight is 171 g/mol. The van der Waals surface area contributed by atoms with Crippen molar-refractivity contribution in [3.8, 4) is 0 Å². The fourth-order valence-corrected chi connectivity index (χ4v) is 1.59. The van der Waals surface area contributed by atoms with Gasteiger partial charge >= 0.3 is 0 Å². The van der Waals surface area contributed by atoms with Crippen LogP contribution < -0.4 is 11.5 Å². The minimum atomic E-state index is -0.243. The van der Waals surface area contributed by atoms with Gasteiger partial charge in [0.1, 0.15) is 0 Å². The van der Waals surface area contributed by atoms with Gasteiger partial charge in [-0.15, -0.1) is 0 Å². The molecule has 4 nitrogen and oxygen atoms in total. The molecule has 4 N–H and O–H groups in total. The zero-order valence-electron chi connectivity index (χ0n) is 7.49. The Balaban J connectivity index is 2.41. The van der Waals surface area contributed by atoms with Crippen LogP contribution in [0.5, 0.6) is 0 Å². The molecule has 4 heteroatoms. The summed E-state index contributed by atoms with van der Waals surface area (Å²) in [6.07, 6.45) is 1.09. The van der Waals surface area contributed by atoms with E-state index in [1.54, 1.807) is 0 Å². The van der Waals surface area contributed by atoms with E-state index in [1.807, 2.05) is 6.92 Å². The second-order valence-corrected chi connectivity index (χ2v) is 3.46. The SMILES string of the molecule is CC(C(N)=O)N1CCC(CN)C1. The van der Waals surface area contributed by atoms with Crippen LogP contribution in [0.3, 0.4) is 0 Å². The second kappa shape index (κ2) is 3.87. The fourth-order valence-electron chi connectivity index (χ4n) is 1.59. The number of amides is 1. The minimum absolute atomic E-state index is 0.137. The number of carbonyl (C=O) groups is 1. The summed E-state index contributed by atoms with van der Waals surface area (Å²) in [5, 5.41) is 0. The molecule has 1 saturated heterocycles. The van der Waals surface area contributed by atoms with Crippen LogP contribution in [0.4, 0.5) is 0 Å². The first-order valence-corrected chi connectivity index (χ1v) is 4.38. The molecule has 1 amide bonds. The van der Waals surface area contributed by atoms with E-state index in [2.05, 4.69) is 4.90 Å². The molecule has 0 saturated carbocycles. The van der Waals surface area contributed by atoms with E-state index in [-0.39, 0.29) is 11.9 Å². The second-order valence-electron chi connectivity index (χ2n) is 3.46. The van der Waals surface area contributed by atoms with Gasteiger partial charge in [0.05, 0.1) is 6.04 Å². The molecule has 1 aliphatic heterocycles. The van der Waals surface area contributed by atoms with Crippen LogP contribution in [0.2, 0.25) is 0 Å². The van der Waals surface area contributed by atoms with E-state index in [0.717, 1.165) is 19.5 Å². The first-order valence-electron chi connectivity index (χ1n) is 4.38. The highest BCUT2D eigenvalue weighted by molar-refractivity contribution is 5.79. The third kappa shape index (κ3) is 1.95. The molecular weight excluding hydrogens is 154 g/mol. The third-order valence-corrected chi connectivity index (χ3v) is 2.61. The molecule has 1 heterocycles. The topological polar surface area (TPSA) is 72.4 Å². The molecule has 0 aromatic carbocycles. The van der Waals surface area contributed by atoms with Gasteiger partial charge in [0.15, 0.2) is 0 Å². The molecule has 12 heavy (non-hydrogen) atoms. The van der Waals surface area contributed by atoms with Gasteiger partial charge in [0.2, 0.25) is 5.91 Å². The largest absolute Gasteiger partial charge is 0.368 e. The Bertz CT molecular complexity index is 172. The molecule has 0 aromatic rings. The van der Waals surface area contributed by atoms with Crippen LogP contribution >= 0.6 is 0 Å². The number of rotatable bonds is 3. The molecular formula is C8H17N3O. The van der Waals surface area contributed by atoms with Crippen molar-refractivity contribution in [2.24, 2.45) is 17.4 Å². The lowest BCUT2D eigenvalue weighted by atomic mass is 10.1. The molecule has 0 aliphatic carbocycles. The Kier molecular flexibility index (Phi) is 3.05. The summed E-state index contributed by atoms with van der Waals surface area (Å²) in [6.45, 7) is 4.43. The van der Waals surface area contributed by atoms with E-state index in [4.69, 9.17) is 11.5 Å². The van der Waals surface area contributed by atoms with Crippen molar-refractivity contribution in [3.63, 3.8) is 0 Å². The molecule has 2 unspecified atom stereocenters. The van der Waals surface area contributed by atoms with Crippen LogP contribution in [0.1, 0.15) is 13.3 Å². The Morgan fingerprint density at radius 3 is 2.83 bits per heavy atom. The molecule has 0 bridgehead atoms. The summed E-state index contributed by atoms with van der Waals surface area (Å²) in [4.78, 5) is 12.9. The van der Waals surface area contributed by atoms with Gasteiger partial charge in [-0.2, -0.15) is 0 Å². The van der Waals surface area contributed by atoms with Gasteiger partial charge in [-0.1, -0.05) is 0 Å². The summed E-state index contributed by atoms with van der Waals surface area (Å²) < 4.78 is 0. The molecule has 0 radical (unpaired) electrons. The normalized spacial score (nSPS) is 27.3. The summed E-state index contributed by atoms with van der Waals surface area (Å²) in [6, 6.07) is -0.137. The van der Waals surface area contributed by atoms with Crippen LogP contribution in [0.15, 0.2) is 0 Å². The Morgan fingerprint density at radius 2 is 2.42 bits per heavy atom. The van der Waals surface area contributed by atoms with Crippen LogP contribution in [0.25, 0.3) is 0 Å². The number of nitrogens with two attached hydrogens (primary N) is 2. The Labute approximate surface area is 72.9 Å². The monoisotopic (exact) mass is 171 g/mol. The summed E-state index contributed by atoms with van der Waals surface area (Å²) >= 11 is 0. The average Bonchev–Trinajstić information content (AvgIpc) is 2.50. The predicted octanol–water partition coefficient (Wildman–Crippen LogP) is -0.859. The zero-order chi connectivity index (χ0) is 9.14. The number of primary amides is 1. The maximum absolute atomic E-state index is 10.8. The van der Waals surface area contributed by atoms with Crippen molar-refractivity contribution in [1.82, 2.24) is 4.90 Å². The van der Waals surface area contributed by atoms with E-state index in [9.17, 15) is 4.79 Å². The van der Waals surface area contributed by atoms with E-state index in [0.29, 0.717) is 12.5 Å². The maximum Gasteiger partial charge on any atom is 0.234 e. The van der Waals surface area contributed by atoms with Crippen molar-refractivity contribution >= 4 is 5.91 Å². The van der Waals surface area contributed by atoms with Gasteiger partial charge in [0, 0.05) is 6.54 Å². The molecule has 1 rings (SSSR count). The highest BCUT2D eigenvalue weighted by atomic mass is 16.1. The Hall–Kier alpha value is -0.610. The molecule has 1 fully saturated rings. The quantitative estimate of drug-likeness (QED) is 0.580. The van der Waals surface area contributed by atoms with Crippen molar-refractivity contribution in [2.75, 3.05) is 19.6 Å². The van der Waals surface area contributed by atoms with E-state index < -0.39 is 0 Å². The number of hydrogen-bond donors (Lipinski definition) is 2. The summed E-state index contributed by atoms with van der Waals surface area (Å²) in [7, 11) is 0. The minimum Gasteiger partial charge on any atom is -0.368 e. The maximum atomic E-state index is 10.8. The molecule has 0 spiro atoms. The van der Waals surface area contributed by atoms with Crippen molar-refractivity contribution in [2.45, 2.75) is 19.4 Å².